The van der Waals surface area contributed by atoms with Crippen LogP contribution in [0.3, 0.4) is 0 Å². The van der Waals surface area contributed by atoms with Crippen LogP contribution in [0.2, 0.25) is 0 Å². The van der Waals surface area contributed by atoms with Crippen LogP contribution >= 0.6 is 0 Å². The van der Waals surface area contributed by atoms with Gasteiger partial charge in [-0.15, -0.1) is 0 Å². The number of rotatable bonds is 4. The molecule has 0 aliphatic carbocycles. The molecule has 0 saturated heterocycles. The number of methoxy groups -OCH3 is 1. The maximum Gasteiger partial charge on any atom is 0.120 e. The first-order valence-electron chi connectivity index (χ1n) is 4.71. The minimum atomic E-state index is -0.141. The highest BCUT2D eigenvalue weighted by Gasteiger charge is 2.06. The Labute approximate surface area is 84.5 Å². The molecule has 0 aliphatic heterocycles. The second kappa shape index (κ2) is 4.98. The molecule has 0 radical (unpaired) electrons. The minimum Gasteiger partial charge on any atom is -0.508 e. The van der Waals surface area contributed by atoms with Gasteiger partial charge in [0.05, 0.1) is 6.61 Å². The van der Waals surface area contributed by atoms with Crippen LogP contribution in [-0.2, 0) is 11.2 Å². The number of phenolic OH excluding ortho intramolecular Hbond substituents is 1. The second-order valence-corrected chi connectivity index (χ2v) is 3.42. The fourth-order valence-corrected chi connectivity index (χ4v) is 1.34. The number of nitrogens with two attached hydrogens (primary N) is 1. The second-order valence-electron chi connectivity index (χ2n) is 3.42. The summed E-state index contributed by atoms with van der Waals surface area (Å²) in [4.78, 5) is 0. The van der Waals surface area contributed by atoms with E-state index in [2.05, 4.69) is 0 Å². The van der Waals surface area contributed by atoms with Gasteiger partial charge in [-0.1, -0.05) is 12.1 Å². The van der Waals surface area contributed by atoms with Crippen LogP contribution in [-0.4, -0.2) is 18.8 Å². The standard InChI is InChI=1S/C11H17NO2/c1-8(12)10-7-9(5-6-14-2)3-4-11(10)13/h3-4,7-8,13H,5-6,12H2,1-2H3/t8-/m1/s1. The van der Waals surface area contributed by atoms with Crippen molar-refractivity contribution in [3.05, 3.63) is 29.3 Å². The fraction of sp³-hybridized carbons (Fsp3) is 0.455. The normalized spacial score (nSPS) is 12.8. The van der Waals surface area contributed by atoms with Gasteiger partial charge in [-0.25, -0.2) is 0 Å². The van der Waals surface area contributed by atoms with Gasteiger partial charge in [0.2, 0.25) is 0 Å². The Morgan fingerprint density at radius 1 is 1.50 bits per heavy atom. The number of aromatic hydroxyl groups is 1. The molecule has 1 aromatic carbocycles. The van der Waals surface area contributed by atoms with Gasteiger partial charge < -0.3 is 15.6 Å². The first kappa shape index (κ1) is 11.0. The highest BCUT2D eigenvalue weighted by Crippen LogP contribution is 2.23. The van der Waals surface area contributed by atoms with E-state index in [9.17, 15) is 5.11 Å². The molecule has 1 atom stereocenters. The van der Waals surface area contributed by atoms with Crippen LogP contribution in [0.25, 0.3) is 0 Å². The molecular weight excluding hydrogens is 178 g/mol. The lowest BCUT2D eigenvalue weighted by atomic mass is 10.0. The van der Waals surface area contributed by atoms with E-state index < -0.39 is 0 Å². The maximum atomic E-state index is 9.52. The van der Waals surface area contributed by atoms with E-state index in [1.807, 2.05) is 19.1 Å². The Hall–Kier alpha value is -1.06. The van der Waals surface area contributed by atoms with Crippen molar-refractivity contribution in [3.8, 4) is 5.75 Å². The lowest BCUT2D eigenvalue weighted by Gasteiger charge is -2.10. The van der Waals surface area contributed by atoms with Crippen LogP contribution in [0.5, 0.6) is 5.75 Å². The van der Waals surface area contributed by atoms with Crippen LogP contribution in [0.1, 0.15) is 24.1 Å². The summed E-state index contributed by atoms with van der Waals surface area (Å²) in [6.07, 6.45) is 0.844. The summed E-state index contributed by atoms with van der Waals surface area (Å²) in [7, 11) is 1.67. The summed E-state index contributed by atoms with van der Waals surface area (Å²) >= 11 is 0. The molecule has 0 heterocycles. The SMILES string of the molecule is COCCc1ccc(O)c([C@@H](C)N)c1. The van der Waals surface area contributed by atoms with E-state index in [1.165, 1.54) is 0 Å². The summed E-state index contributed by atoms with van der Waals surface area (Å²) in [6, 6.07) is 5.36. The number of phenols is 1. The third kappa shape index (κ3) is 2.72. The molecule has 0 fully saturated rings. The zero-order valence-corrected chi connectivity index (χ0v) is 8.66. The molecule has 3 N–H and O–H groups in total. The number of benzene rings is 1. The van der Waals surface area contributed by atoms with Crippen LogP contribution < -0.4 is 5.73 Å². The molecule has 14 heavy (non-hydrogen) atoms. The molecule has 3 heteroatoms. The average Bonchev–Trinajstić information content (AvgIpc) is 2.16. The van der Waals surface area contributed by atoms with Crippen molar-refractivity contribution in [1.29, 1.82) is 0 Å². The Bertz CT molecular complexity index is 297. The predicted octanol–water partition coefficient (Wildman–Crippen LogP) is 1.60. The summed E-state index contributed by atoms with van der Waals surface area (Å²) < 4.78 is 4.98. The van der Waals surface area contributed by atoms with Crippen molar-refractivity contribution in [2.75, 3.05) is 13.7 Å². The molecule has 0 unspecified atom stereocenters. The zero-order valence-electron chi connectivity index (χ0n) is 8.66. The molecule has 0 spiro atoms. The van der Waals surface area contributed by atoms with Gasteiger partial charge in [0.15, 0.2) is 0 Å². The van der Waals surface area contributed by atoms with Gasteiger partial charge in [-0.05, 0) is 25.0 Å². The van der Waals surface area contributed by atoms with Crippen molar-refractivity contribution in [3.63, 3.8) is 0 Å². The van der Waals surface area contributed by atoms with Crippen molar-refractivity contribution in [2.45, 2.75) is 19.4 Å². The van der Waals surface area contributed by atoms with Crippen molar-refractivity contribution >= 4 is 0 Å². The van der Waals surface area contributed by atoms with E-state index in [-0.39, 0.29) is 11.8 Å². The van der Waals surface area contributed by atoms with Gasteiger partial charge in [0.25, 0.3) is 0 Å². The van der Waals surface area contributed by atoms with Gasteiger partial charge in [0.1, 0.15) is 5.75 Å². The third-order valence-electron chi connectivity index (χ3n) is 2.18. The van der Waals surface area contributed by atoms with E-state index >= 15 is 0 Å². The van der Waals surface area contributed by atoms with Crippen molar-refractivity contribution in [2.24, 2.45) is 5.73 Å². The summed E-state index contributed by atoms with van der Waals surface area (Å²) in [5, 5.41) is 9.52. The van der Waals surface area contributed by atoms with E-state index in [0.29, 0.717) is 6.61 Å². The highest BCUT2D eigenvalue weighted by atomic mass is 16.5. The largest absolute Gasteiger partial charge is 0.508 e. The molecule has 0 bridgehead atoms. The Kier molecular flexibility index (Phi) is 3.92. The lowest BCUT2D eigenvalue weighted by molar-refractivity contribution is 0.202. The smallest absolute Gasteiger partial charge is 0.120 e. The monoisotopic (exact) mass is 195 g/mol. The van der Waals surface area contributed by atoms with E-state index in [1.54, 1.807) is 13.2 Å². The Morgan fingerprint density at radius 3 is 2.79 bits per heavy atom. The quantitative estimate of drug-likeness (QED) is 0.767. The topological polar surface area (TPSA) is 55.5 Å². The third-order valence-corrected chi connectivity index (χ3v) is 2.18. The van der Waals surface area contributed by atoms with Crippen molar-refractivity contribution < 1.29 is 9.84 Å². The number of hydrogen-bond acceptors (Lipinski definition) is 3. The average molecular weight is 195 g/mol. The maximum absolute atomic E-state index is 9.52. The van der Waals surface area contributed by atoms with E-state index in [0.717, 1.165) is 17.5 Å². The molecule has 78 valence electrons. The van der Waals surface area contributed by atoms with E-state index in [4.69, 9.17) is 10.5 Å². The van der Waals surface area contributed by atoms with Crippen LogP contribution in [0.4, 0.5) is 0 Å². The first-order chi connectivity index (χ1) is 6.65. The van der Waals surface area contributed by atoms with Gasteiger partial charge in [0, 0.05) is 18.7 Å². The molecule has 3 nitrogen and oxygen atoms in total. The fourth-order valence-electron chi connectivity index (χ4n) is 1.34. The summed E-state index contributed by atoms with van der Waals surface area (Å²) in [5.74, 6) is 0.265. The summed E-state index contributed by atoms with van der Waals surface area (Å²) in [5.41, 5.74) is 7.65. The predicted molar refractivity (Wildman–Crippen MR) is 56.3 cm³/mol. The minimum absolute atomic E-state index is 0.141. The molecule has 0 aromatic heterocycles. The highest BCUT2D eigenvalue weighted by molar-refractivity contribution is 5.38. The van der Waals surface area contributed by atoms with Gasteiger partial charge >= 0.3 is 0 Å². The van der Waals surface area contributed by atoms with Crippen LogP contribution in [0.15, 0.2) is 18.2 Å². The lowest BCUT2D eigenvalue weighted by Crippen LogP contribution is -2.06. The van der Waals surface area contributed by atoms with Crippen molar-refractivity contribution in [1.82, 2.24) is 0 Å². The molecule has 0 aliphatic rings. The first-order valence-corrected chi connectivity index (χ1v) is 4.71. The molecule has 1 rings (SSSR count). The summed E-state index contributed by atoms with van der Waals surface area (Å²) in [6.45, 7) is 2.54. The number of ether oxygens (including phenoxy) is 1. The number of hydrogen-bond donors (Lipinski definition) is 2. The van der Waals surface area contributed by atoms with Crippen LogP contribution in [0, 0.1) is 0 Å². The molecule has 0 saturated carbocycles. The molecule has 0 amide bonds. The van der Waals surface area contributed by atoms with Gasteiger partial charge in [-0.3, -0.25) is 0 Å². The van der Waals surface area contributed by atoms with Gasteiger partial charge in [-0.2, -0.15) is 0 Å². The Morgan fingerprint density at radius 2 is 2.21 bits per heavy atom. The Balaban J connectivity index is 2.83. The molecule has 1 aromatic rings. The molecular formula is C11H17NO2. The zero-order chi connectivity index (χ0) is 10.6.